The number of esters is 1. The summed E-state index contributed by atoms with van der Waals surface area (Å²) < 4.78 is 6.90. The van der Waals surface area contributed by atoms with Crippen molar-refractivity contribution in [2.45, 2.75) is 71.1 Å². The number of carbonyl (C=O) groups excluding carboxylic acids is 1. The number of fused-ring (bicyclic) bond motifs is 1. The zero-order valence-electron chi connectivity index (χ0n) is 18.2. The summed E-state index contributed by atoms with van der Waals surface area (Å²) in [6.07, 6.45) is 10.2. The number of aryl methyl sites for hydroxylation is 1. The number of hydrogen-bond donors (Lipinski definition) is 0. The van der Waals surface area contributed by atoms with Crippen LogP contribution in [-0.4, -0.2) is 5.97 Å². The smallest absolute Gasteiger partial charge is 0.344 e. The lowest BCUT2D eigenvalue weighted by molar-refractivity contribution is 0.0741. The Morgan fingerprint density at radius 1 is 0.967 bits per heavy atom. The van der Waals surface area contributed by atoms with E-state index in [1.165, 1.54) is 54.4 Å². The number of hydrogen-bond acceptors (Lipinski definition) is 3. The minimum Gasteiger partial charge on any atom is -0.412 e. The molecule has 0 spiro atoms. The van der Waals surface area contributed by atoms with Crippen LogP contribution in [0.5, 0.6) is 5.06 Å². The number of benzene rings is 2. The van der Waals surface area contributed by atoms with Crippen molar-refractivity contribution in [2.75, 3.05) is 0 Å². The SMILES string of the molecule is CCCc1ccc(C(=O)Oc2cc3ccc(C4CCC(CCC)CC4)cc3s2)cc1. The molecule has 0 unspecified atom stereocenters. The highest BCUT2D eigenvalue weighted by atomic mass is 32.1. The summed E-state index contributed by atoms with van der Waals surface area (Å²) in [4.78, 5) is 12.5. The first-order valence-electron chi connectivity index (χ1n) is 11.5. The van der Waals surface area contributed by atoms with Crippen molar-refractivity contribution in [3.05, 3.63) is 65.2 Å². The van der Waals surface area contributed by atoms with Gasteiger partial charge in [-0.1, -0.05) is 68.7 Å². The van der Waals surface area contributed by atoms with Gasteiger partial charge in [0.2, 0.25) is 0 Å². The molecule has 0 bridgehead atoms. The fourth-order valence-electron chi connectivity index (χ4n) is 4.77. The maximum Gasteiger partial charge on any atom is 0.344 e. The largest absolute Gasteiger partial charge is 0.412 e. The molecule has 0 atom stereocenters. The van der Waals surface area contributed by atoms with Crippen LogP contribution in [0.2, 0.25) is 0 Å². The second kappa shape index (κ2) is 9.78. The topological polar surface area (TPSA) is 26.3 Å². The zero-order valence-corrected chi connectivity index (χ0v) is 19.0. The summed E-state index contributed by atoms with van der Waals surface area (Å²) in [5, 5.41) is 1.83. The van der Waals surface area contributed by atoms with Gasteiger partial charge < -0.3 is 4.74 Å². The fourth-order valence-corrected chi connectivity index (χ4v) is 5.73. The molecule has 0 saturated heterocycles. The molecule has 158 valence electrons. The highest BCUT2D eigenvalue weighted by Crippen LogP contribution is 2.40. The molecule has 2 nitrogen and oxygen atoms in total. The van der Waals surface area contributed by atoms with Gasteiger partial charge in [0.05, 0.1) is 5.56 Å². The third-order valence-electron chi connectivity index (χ3n) is 6.46. The Balaban J connectivity index is 1.43. The van der Waals surface area contributed by atoms with E-state index in [9.17, 15) is 4.79 Å². The molecule has 1 aliphatic rings. The van der Waals surface area contributed by atoms with E-state index >= 15 is 0 Å². The first-order valence-corrected chi connectivity index (χ1v) is 12.3. The van der Waals surface area contributed by atoms with E-state index in [0.29, 0.717) is 16.5 Å². The van der Waals surface area contributed by atoms with Crippen LogP contribution >= 0.6 is 11.3 Å². The molecule has 1 aromatic heterocycles. The average molecular weight is 421 g/mol. The Bertz CT molecular complexity index is 978. The molecule has 3 heteroatoms. The summed E-state index contributed by atoms with van der Waals surface area (Å²) in [6, 6.07) is 16.6. The second-order valence-corrected chi connectivity index (χ2v) is 9.75. The summed E-state index contributed by atoms with van der Waals surface area (Å²) in [5.41, 5.74) is 3.31. The second-order valence-electron chi connectivity index (χ2n) is 8.71. The molecule has 4 rings (SSSR count). The Kier molecular flexibility index (Phi) is 6.89. The van der Waals surface area contributed by atoms with E-state index in [1.807, 2.05) is 30.3 Å². The van der Waals surface area contributed by atoms with E-state index in [2.05, 4.69) is 32.0 Å². The lowest BCUT2D eigenvalue weighted by Gasteiger charge is -2.28. The highest BCUT2D eigenvalue weighted by Gasteiger charge is 2.22. The van der Waals surface area contributed by atoms with Gasteiger partial charge in [0, 0.05) is 10.8 Å². The maximum absolute atomic E-state index is 12.5. The molecule has 1 fully saturated rings. The zero-order chi connectivity index (χ0) is 20.9. The number of carbonyl (C=O) groups is 1. The summed E-state index contributed by atoms with van der Waals surface area (Å²) in [7, 11) is 0. The summed E-state index contributed by atoms with van der Waals surface area (Å²) >= 11 is 1.58. The molecule has 0 radical (unpaired) electrons. The predicted molar refractivity (Wildman–Crippen MR) is 127 cm³/mol. The molecular formula is C27H32O2S. The third-order valence-corrected chi connectivity index (χ3v) is 7.43. The van der Waals surface area contributed by atoms with E-state index in [1.54, 1.807) is 11.3 Å². The highest BCUT2D eigenvalue weighted by molar-refractivity contribution is 7.20. The van der Waals surface area contributed by atoms with E-state index in [-0.39, 0.29) is 5.97 Å². The molecule has 0 amide bonds. The van der Waals surface area contributed by atoms with Crippen molar-refractivity contribution in [3.8, 4) is 5.06 Å². The first-order chi connectivity index (χ1) is 14.7. The average Bonchev–Trinajstić information content (AvgIpc) is 3.16. The third kappa shape index (κ3) is 4.95. The van der Waals surface area contributed by atoms with E-state index < -0.39 is 0 Å². The van der Waals surface area contributed by atoms with Gasteiger partial charge in [0.15, 0.2) is 5.06 Å². The van der Waals surface area contributed by atoms with Gasteiger partial charge in [0.25, 0.3) is 0 Å². The van der Waals surface area contributed by atoms with Crippen molar-refractivity contribution in [3.63, 3.8) is 0 Å². The van der Waals surface area contributed by atoms with Gasteiger partial charge in [0.1, 0.15) is 0 Å². The monoisotopic (exact) mass is 420 g/mol. The van der Waals surface area contributed by atoms with E-state index in [4.69, 9.17) is 4.74 Å². The van der Waals surface area contributed by atoms with E-state index in [0.717, 1.165) is 24.1 Å². The maximum atomic E-state index is 12.5. The molecule has 1 heterocycles. The minimum absolute atomic E-state index is 0.279. The lowest BCUT2D eigenvalue weighted by Crippen LogP contribution is -2.13. The van der Waals surface area contributed by atoms with Crippen LogP contribution < -0.4 is 4.74 Å². The summed E-state index contributed by atoms with van der Waals surface area (Å²) in [5.74, 6) is 1.33. The summed E-state index contributed by atoms with van der Waals surface area (Å²) in [6.45, 7) is 4.45. The number of thiophene rings is 1. The van der Waals surface area contributed by atoms with Crippen LogP contribution in [0.3, 0.4) is 0 Å². The number of rotatable bonds is 7. The predicted octanol–water partition coefficient (Wildman–Crippen LogP) is 8.15. The normalized spacial score (nSPS) is 19.1. The van der Waals surface area contributed by atoms with Crippen LogP contribution in [0.1, 0.15) is 86.2 Å². The Morgan fingerprint density at radius 2 is 1.73 bits per heavy atom. The van der Waals surface area contributed by atoms with Gasteiger partial charge in [-0.15, -0.1) is 0 Å². The van der Waals surface area contributed by atoms with Gasteiger partial charge in [-0.2, -0.15) is 0 Å². The van der Waals surface area contributed by atoms with Crippen molar-refractivity contribution >= 4 is 27.4 Å². The van der Waals surface area contributed by atoms with Gasteiger partial charge in [-0.3, -0.25) is 0 Å². The molecule has 3 aromatic rings. The fraction of sp³-hybridized carbons (Fsp3) is 0.444. The molecule has 1 saturated carbocycles. The van der Waals surface area contributed by atoms with Crippen LogP contribution in [0.25, 0.3) is 10.1 Å². The Labute approximate surface area is 184 Å². The van der Waals surface area contributed by atoms with Gasteiger partial charge in [-0.25, -0.2) is 4.79 Å². The van der Waals surface area contributed by atoms with Crippen molar-refractivity contribution in [1.29, 1.82) is 0 Å². The van der Waals surface area contributed by atoms with Gasteiger partial charge >= 0.3 is 5.97 Å². The number of ether oxygens (including phenoxy) is 1. The Hall–Kier alpha value is -2.13. The van der Waals surface area contributed by atoms with Crippen LogP contribution in [0.4, 0.5) is 0 Å². The standard InChI is InChI=1S/C27H32O2S/c1-3-5-19-7-11-21(12-8-19)23-15-16-24-18-26(30-25(24)17-23)29-27(28)22-13-9-20(6-4-2)10-14-22/h9-10,13-19,21H,3-8,11-12H2,1-2H3. The quantitative estimate of drug-likeness (QED) is 0.360. The van der Waals surface area contributed by atoms with Crippen molar-refractivity contribution in [1.82, 2.24) is 0 Å². The van der Waals surface area contributed by atoms with Crippen LogP contribution in [-0.2, 0) is 6.42 Å². The molecular weight excluding hydrogens is 388 g/mol. The molecule has 0 aliphatic heterocycles. The van der Waals surface area contributed by atoms with Crippen molar-refractivity contribution in [2.24, 2.45) is 5.92 Å². The first kappa shape index (κ1) is 21.1. The lowest BCUT2D eigenvalue weighted by atomic mass is 9.77. The molecule has 30 heavy (non-hydrogen) atoms. The van der Waals surface area contributed by atoms with Crippen molar-refractivity contribution < 1.29 is 9.53 Å². The molecule has 0 N–H and O–H groups in total. The van der Waals surface area contributed by atoms with Crippen LogP contribution in [0.15, 0.2) is 48.5 Å². The van der Waals surface area contributed by atoms with Gasteiger partial charge in [-0.05, 0) is 78.7 Å². The Morgan fingerprint density at radius 3 is 2.43 bits per heavy atom. The molecule has 1 aliphatic carbocycles. The molecule has 2 aromatic carbocycles. The minimum atomic E-state index is -0.279. The van der Waals surface area contributed by atoms with Crippen LogP contribution in [0, 0.1) is 5.92 Å².